The molecule has 0 saturated carbocycles. The molecule has 3 aromatic rings. The van der Waals surface area contributed by atoms with Crippen molar-refractivity contribution in [2.45, 2.75) is 31.7 Å². The summed E-state index contributed by atoms with van der Waals surface area (Å²) in [6, 6.07) is 8.09. The molecule has 1 saturated heterocycles. The van der Waals surface area contributed by atoms with Crippen molar-refractivity contribution >= 4 is 28.4 Å². The second-order valence-electron chi connectivity index (χ2n) is 9.21. The number of amides is 2. The topological polar surface area (TPSA) is 98.8 Å². The van der Waals surface area contributed by atoms with E-state index in [1.54, 1.807) is 29.2 Å². The van der Waals surface area contributed by atoms with Crippen LogP contribution < -0.4 is 4.74 Å². The van der Waals surface area contributed by atoms with Gasteiger partial charge in [0, 0.05) is 42.5 Å². The van der Waals surface area contributed by atoms with Crippen molar-refractivity contribution in [3.63, 3.8) is 0 Å². The lowest BCUT2D eigenvalue weighted by atomic mass is 10.0. The van der Waals surface area contributed by atoms with Gasteiger partial charge in [-0.1, -0.05) is 6.08 Å². The second-order valence-corrected chi connectivity index (χ2v) is 9.21. The van der Waals surface area contributed by atoms with Gasteiger partial charge in [-0.25, -0.2) is 9.37 Å². The van der Waals surface area contributed by atoms with Gasteiger partial charge in [0.25, 0.3) is 0 Å². The number of methoxy groups -OCH3 is 1. The van der Waals surface area contributed by atoms with Gasteiger partial charge in [0.05, 0.1) is 19.8 Å². The minimum atomic E-state index is -0.346. The number of hydrogen-bond acceptors (Lipinski definition) is 5. The highest BCUT2D eigenvalue weighted by Crippen LogP contribution is 2.36. The number of fused-ring (bicyclic) bond motifs is 1. The van der Waals surface area contributed by atoms with Gasteiger partial charge in [0.2, 0.25) is 11.8 Å². The van der Waals surface area contributed by atoms with E-state index >= 15 is 0 Å². The summed E-state index contributed by atoms with van der Waals surface area (Å²) in [5, 5.41) is 10.3. The third-order valence-corrected chi connectivity index (χ3v) is 7.10. The van der Waals surface area contributed by atoms with Crippen LogP contribution in [0.4, 0.5) is 4.39 Å². The maximum Gasteiger partial charge on any atom is 0.232 e. The number of likely N-dealkylation sites (tertiary alicyclic amines) is 1. The van der Waals surface area contributed by atoms with Crippen LogP contribution >= 0.6 is 0 Å². The molecule has 1 unspecified atom stereocenters. The van der Waals surface area contributed by atoms with E-state index in [-0.39, 0.29) is 36.7 Å². The fraction of sp³-hybridized carbons (Fsp3) is 0.370. The van der Waals surface area contributed by atoms with E-state index in [0.29, 0.717) is 43.0 Å². The van der Waals surface area contributed by atoms with E-state index in [1.165, 1.54) is 12.1 Å². The Balaban J connectivity index is 1.32. The number of aromatic amines is 1. The monoisotopic (exact) mass is 492 g/mol. The first kappa shape index (κ1) is 24.0. The number of H-pyrrole nitrogens is 1. The lowest BCUT2D eigenvalue weighted by Gasteiger charge is -2.28. The number of pyridine rings is 1. The summed E-state index contributed by atoms with van der Waals surface area (Å²) in [7, 11) is 1.56. The Bertz CT molecular complexity index is 1330. The molecule has 5 rings (SSSR count). The molecule has 1 atom stereocenters. The highest BCUT2D eigenvalue weighted by Gasteiger charge is 2.30. The second kappa shape index (κ2) is 10.1. The summed E-state index contributed by atoms with van der Waals surface area (Å²) in [6.07, 6.45) is 5.76. The lowest BCUT2D eigenvalue weighted by molar-refractivity contribution is -0.141. The molecule has 1 aromatic carbocycles. The molecule has 0 radical (unpaired) electrons. The molecule has 1 fully saturated rings. The Labute approximate surface area is 208 Å². The molecule has 2 N–H and O–H groups in total. The van der Waals surface area contributed by atoms with Crippen molar-refractivity contribution < 1.29 is 23.8 Å². The number of ether oxygens (including phenoxy) is 1. The maximum atomic E-state index is 14.0. The Morgan fingerprint density at radius 3 is 2.81 bits per heavy atom. The summed E-state index contributed by atoms with van der Waals surface area (Å²) in [5.41, 5.74) is 4.10. The summed E-state index contributed by atoms with van der Waals surface area (Å²) in [4.78, 5) is 36.5. The van der Waals surface area contributed by atoms with E-state index in [1.807, 2.05) is 18.2 Å². The molecule has 0 aliphatic carbocycles. The van der Waals surface area contributed by atoms with Crippen molar-refractivity contribution in [1.82, 2.24) is 19.8 Å². The Kier molecular flexibility index (Phi) is 6.73. The van der Waals surface area contributed by atoms with Gasteiger partial charge in [-0.15, -0.1) is 0 Å². The van der Waals surface area contributed by atoms with Gasteiger partial charge < -0.3 is 24.6 Å². The molecule has 0 spiro atoms. The van der Waals surface area contributed by atoms with Crippen LogP contribution in [-0.4, -0.2) is 76.1 Å². The first-order valence-electron chi connectivity index (χ1n) is 12.2. The van der Waals surface area contributed by atoms with Crippen LogP contribution in [0, 0.1) is 5.82 Å². The zero-order chi connectivity index (χ0) is 25.2. The molecule has 0 bridgehead atoms. The van der Waals surface area contributed by atoms with Crippen LogP contribution in [0.25, 0.3) is 27.7 Å². The predicted octanol–water partition coefficient (Wildman–Crippen LogP) is 3.37. The van der Waals surface area contributed by atoms with Gasteiger partial charge in [-0.2, -0.15) is 0 Å². The zero-order valence-corrected chi connectivity index (χ0v) is 20.2. The SMILES string of the molecule is COc1ccc(F)cc1-c1ccnc2[nH]c(C3=CCN(C(=O)CC(=O)N4CCCC4CO)CC3)cc12. The Hall–Kier alpha value is -3.72. The summed E-state index contributed by atoms with van der Waals surface area (Å²) < 4.78 is 19.5. The van der Waals surface area contributed by atoms with E-state index in [2.05, 4.69) is 9.97 Å². The lowest BCUT2D eigenvalue weighted by Crippen LogP contribution is -2.42. The average Bonchev–Trinajstić information content (AvgIpc) is 3.56. The third kappa shape index (κ3) is 4.58. The van der Waals surface area contributed by atoms with Gasteiger partial charge in [0.1, 0.15) is 23.6 Å². The first-order valence-corrected chi connectivity index (χ1v) is 12.2. The van der Waals surface area contributed by atoms with Gasteiger partial charge >= 0.3 is 0 Å². The summed E-state index contributed by atoms with van der Waals surface area (Å²) >= 11 is 0. The highest BCUT2D eigenvalue weighted by atomic mass is 19.1. The van der Waals surface area contributed by atoms with Crippen molar-refractivity contribution in [3.05, 3.63) is 54.1 Å². The standard InChI is InChI=1S/C27H29FN4O4/c1-36-24-5-4-18(28)13-21(24)20-6-9-29-27-22(20)14-23(30-27)17-7-11-31(12-8-17)25(34)15-26(35)32-10-2-3-19(32)16-33/h4-7,9,13-14,19,33H,2-3,8,10-12,15-16H2,1H3,(H,29,30). The number of aromatic nitrogens is 2. The molecule has 2 aromatic heterocycles. The summed E-state index contributed by atoms with van der Waals surface area (Å²) in [6.45, 7) is 1.45. The first-order chi connectivity index (χ1) is 17.5. The molecule has 8 nitrogen and oxygen atoms in total. The van der Waals surface area contributed by atoms with Crippen LogP contribution in [0.5, 0.6) is 5.75 Å². The van der Waals surface area contributed by atoms with E-state index in [4.69, 9.17) is 4.74 Å². The van der Waals surface area contributed by atoms with E-state index in [0.717, 1.165) is 35.1 Å². The molecule has 2 amide bonds. The summed E-state index contributed by atoms with van der Waals surface area (Å²) in [5.74, 6) is -0.182. The molecule has 36 heavy (non-hydrogen) atoms. The zero-order valence-electron chi connectivity index (χ0n) is 20.2. The molecule has 4 heterocycles. The number of benzene rings is 1. The fourth-order valence-electron chi connectivity index (χ4n) is 5.16. The van der Waals surface area contributed by atoms with E-state index < -0.39 is 0 Å². The molecule has 2 aliphatic rings. The molecular formula is C27H29FN4O4. The van der Waals surface area contributed by atoms with Crippen molar-refractivity contribution in [2.24, 2.45) is 0 Å². The van der Waals surface area contributed by atoms with Crippen LogP contribution in [0.15, 0.2) is 42.6 Å². The van der Waals surface area contributed by atoms with Crippen LogP contribution in [-0.2, 0) is 9.59 Å². The van der Waals surface area contributed by atoms with Gasteiger partial charge in [-0.05, 0) is 60.7 Å². The van der Waals surface area contributed by atoms with Crippen LogP contribution in [0.3, 0.4) is 0 Å². The molecule has 9 heteroatoms. The maximum absolute atomic E-state index is 14.0. The number of nitrogens with zero attached hydrogens (tertiary/aromatic N) is 3. The van der Waals surface area contributed by atoms with Crippen molar-refractivity contribution in [2.75, 3.05) is 33.4 Å². The number of aliphatic hydroxyl groups is 1. The van der Waals surface area contributed by atoms with Crippen molar-refractivity contribution in [3.8, 4) is 16.9 Å². The quantitative estimate of drug-likeness (QED) is 0.514. The number of nitrogens with one attached hydrogen (secondary N) is 1. The Morgan fingerprint density at radius 1 is 1.19 bits per heavy atom. The third-order valence-electron chi connectivity index (χ3n) is 7.10. The normalized spacial score (nSPS) is 18.0. The van der Waals surface area contributed by atoms with Gasteiger partial charge in [-0.3, -0.25) is 9.59 Å². The minimum absolute atomic E-state index is 0.0667. The molecule has 2 aliphatic heterocycles. The smallest absolute Gasteiger partial charge is 0.232 e. The highest BCUT2D eigenvalue weighted by molar-refractivity contribution is 5.98. The largest absolute Gasteiger partial charge is 0.496 e. The van der Waals surface area contributed by atoms with Crippen molar-refractivity contribution in [1.29, 1.82) is 0 Å². The number of halogens is 1. The number of rotatable bonds is 6. The number of aliphatic hydroxyl groups excluding tert-OH is 1. The number of carbonyl (C=O) groups excluding carboxylic acids is 2. The van der Waals surface area contributed by atoms with Gasteiger partial charge in [0.15, 0.2) is 0 Å². The number of carbonyl (C=O) groups is 2. The number of hydrogen-bond donors (Lipinski definition) is 2. The van der Waals surface area contributed by atoms with E-state index in [9.17, 15) is 19.1 Å². The fourth-order valence-corrected chi connectivity index (χ4v) is 5.16. The Morgan fingerprint density at radius 2 is 2.06 bits per heavy atom. The minimum Gasteiger partial charge on any atom is -0.496 e. The molecular weight excluding hydrogens is 463 g/mol. The van der Waals surface area contributed by atoms with Crippen LogP contribution in [0.2, 0.25) is 0 Å². The average molecular weight is 493 g/mol. The predicted molar refractivity (Wildman–Crippen MR) is 134 cm³/mol. The van der Waals surface area contributed by atoms with Crippen LogP contribution in [0.1, 0.15) is 31.4 Å². The molecule has 188 valence electrons.